The van der Waals surface area contributed by atoms with Gasteiger partial charge in [0.25, 0.3) is 0 Å². The molecule has 2 rings (SSSR count). The minimum Gasteiger partial charge on any atom is -0.380 e. The molecular formula is C14H28N2O. The largest absolute Gasteiger partial charge is 0.380 e. The second-order valence-electron chi connectivity index (χ2n) is 6.06. The Kier molecular flexibility index (Phi) is 4.45. The van der Waals surface area contributed by atoms with E-state index in [1.807, 2.05) is 7.11 Å². The van der Waals surface area contributed by atoms with E-state index in [9.17, 15) is 0 Å². The Morgan fingerprint density at radius 3 is 2.59 bits per heavy atom. The predicted molar refractivity (Wildman–Crippen MR) is 71.0 cm³/mol. The van der Waals surface area contributed by atoms with Crippen LogP contribution in [0.4, 0.5) is 0 Å². The number of hydrogen-bond acceptors (Lipinski definition) is 3. The molecule has 0 aromatic heterocycles. The molecule has 1 aliphatic carbocycles. The lowest BCUT2D eigenvalue weighted by molar-refractivity contribution is -0.0345. The molecule has 0 aromatic rings. The zero-order valence-corrected chi connectivity index (χ0v) is 11.5. The molecule has 1 aliphatic heterocycles. The number of likely N-dealkylation sites (tertiary alicyclic amines) is 1. The van der Waals surface area contributed by atoms with Gasteiger partial charge in [0.2, 0.25) is 0 Å². The van der Waals surface area contributed by atoms with E-state index in [4.69, 9.17) is 10.5 Å². The summed E-state index contributed by atoms with van der Waals surface area (Å²) in [5, 5.41) is 0. The molecule has 1 unspecified atom stereocenters. The molecule has 3 heteroatoms. The molecule has 1 saturated heterocycles. The van der Waals surface area contributed by atoms with Gasteiger partial charge < -0.3 is 10.5 Å². The highest BCUT2D eigenvalue weighted by Crippen LogP contribution is 2.37. The normalized spacial score (nSPS) is 40.4. The van der Waals surface area contributed by atoms with E-state index in [0.717, 1.165) is 19.0 Å². The molecule has 1 heterocycles. The SMILES string of the molecule is COC1CCCN(C2(CN)CCC(C)CC2)C1. The predicted octanol–water partition coefficient (Wildman–Crippen LogP) is 2.00. The van der Waals surface area contributed by atoms with Gasteiger partial charge in [-0.25, -0.2) is 0 Å². The third-order valence-corrected chi connectivity index (χ3v) is 4.97. The van der Waals surface area contributed by atoms with Gasteiger partial charge in [-0.15, -0.1) is 0 Å². The highest BCUT2D eigenvalue weighted by molar-refractivity contribution is 4.97. The molecule has 0 amide bonds. The van der Waals surface area contributed by atoms with Gasteiger partial charge in [-0.2, -0.15) is 0 Å². The zero-order valence-electron chi connectivity index (χ0n) is 11.5. The van der Waals surface area contributed by atoms with Crippen LogP contribution < -0.4 is 5.73 Å². The number of nitrogens with zero attached hydrogens (tertiary/aromatic N) is 1. The summed E-state index contributed by atoms with van der Waals surface area (Å²) < 4.78 is 5.54. The standard InChI is InChI=1S/C14H28N2O/c1-12-5-7-14(11-15,8-6-12)16-9-3-4-13(10-16)17-2/h12-13H,3-11,15H2,1-2H3. The number of piperidine rings is 1. The lowest BCUT2D eigenvalue weighted by atomic mass is 9.75. The van der Waals surface area contributed by atoms with Crippen LogP contribution in [0.25, 0.3) is 0 Å². The summed E-state index contributed by atoms with van der Waals surface area (Å²) in [6, 6.07) is 0. The highest BCUT2D eigenvalue weighted by Gasteiger charge is 2.40. The van der Waals surface area contributed by atoms with Gasteiger partial charge in [0.15, 0.2) is 0 Å². The van der Waals surface area contributed by atoms with E-state index in [0.29, 0.717) is 6.10 Å². The van der Waals surface area contributed by atoms with Gasteiger partial charge in [-0.3, -0.25) is 4.90 Å². The van der Waals surface area contributed by atoms with Gasteiger partial charge in [0.1, 0.15) is 0 Å². The summed E-state index contributed by atoms with van der Waals surface area (Å²) in [6.07, 6.45) is 8.13. The van der Waals surface area contributed by atoms with Crippen LogP contribution >= 0.6 is 0 Å². The molecule has 17 heavy (non-hydrogen) atoms. The highest BCUT2D eigenvalue weighted by atomic mass is 16.5. The summed E-state index contributed by atoms with van der Waals surface area (Å²) in [5.74, 6) is 0.887. The first-order valence-electron chi connectivity index (χ1n) is 7.18. The van der Waals surface area contributed by atoms with Crippen molar-refractivity contribution in [3.8, 4) is 0 Å². The third kappa shape index (κ3) is 2.83. The molecule has 100 valence electrons. The number of methoxy groups -OCH3 is 1. The van der Waals surface area contributed by atoms with Crippen LogP contribution in [0.5, 0.6) is 0 Å². The maximum absolute atomic E-state index is 6.12. The maximum atomic E-state index is 6.12. The average Bonchev–Trinajstić information content (AvgIpc) is 2.40. The Hall–Kier alpha value is -0.120. The summed E-state index contributed by atoms with van der Waals surface area (Å²) in [5.41, 5.74) is 6.40. The van der Waals surface area contributed by atoms with E-state index in [1.54, 1.807) is 0 Å². The van der Waals surface area contributed by atoms with Crippen LogP contribution in [0.1, 0.15) is 45.4 Å². The summed E-state index contributed by atoms with van der Waals surface area (Å²) in [6.45, 7) is 5.48. The van der Waals surface area contributed by atoms with Gasteiger partial charge in [-0.05, 0) is 51.0 Å². The fraction of sp³-hybridized carbons (Fsp3) is 1.00. The van der Waals surface area contributed by atoms with Gasteiger partial charge in [-0.1, -0.05) is 6.92 Å². The lowest BCUT2D eigenvalue weighted by Gasteiger charge is -2.50. The number of nitrogens with two attached hydrogens (primary N) is 1. The van der Waals surface area contributed by atoms with Crippen molar-refractivity contribution in [2.45, 2.75) is 57.1 Å². The van der Waals surface area contributed by atoms with Crippen LogP contribution in [0.3, 0.4) is 0 Å². The average molecular weight is 240 g/mol. The van der Waals surface area contributed by atoms with Crippen LogP contribution in [0, 0.1) is 5.92 Å². The summed E-state index contributed by atoms with van der Waals surface area (Å²) in [7, 11) is 1.84. The quantitative estimate of drug-likeness (QED) is 0.820. The Labute approximate surface area is 106 Å². The van der Waals surface area contributed by atoms with E-state index in [2.05, 4.69) is 11.8 Å². The van der Waals surface area contributed by atoms with Crippen LogP contribution in [0.15, 0.2) is 0 Å². The van der Waals surface area contributed by atoms with Crippen molar-refractivity contribution >= 4 is 0 Å². The Morgan fingerprint density at radius 2 is 2.00 bits per heavy atom. The minimum absolute atomic E-state index is 0.281. The lowest BCUT2D eigenvalue weighted by Crippen LogP contribution is -2.59. The van der Waals surface area contributed by atoms with E-state index < -0.39 is 0 Å². The topological polar surface area (TPSA) is 38.5 Å². The van der Waals surface area contributed by atoms with E-state index in [-0.39, 0.29) is 5.54 Å². The molecule has 2 fully saturated rings. The van der Waals surface area contributed by atoms with Crippen molar-refractivity contribution in [3.05, 3.63) is 0 Å². The van der Waals surface area contributed by atoms with Crippen molar-refractivity contribution in [2.24, 2.45) is 11.7 Å². The molecular weight excluding hydrogens is 212 g/mol. The molecule has 0 bridgehead atoms. The Morgan fingerprint density at radius 1 is 1.29 bits per heavy atom. The smallest absolute Gasteiger partial charge is 0.0698 e. The van der Waals surface area contributed by atoms with E-state index >= 15 is 0 Å². The molecule has 1 atom stereocenters. The molecule has 0 spiro atoms. The van der Waals surface area contributed by atoms with Crippen LogP contribution in [-0.2, 0) is 4.74 Å². The molecule has 0 radical (unpaired) electrons. The second kappa shape index (κ2) is 5.68. The maximum Gasteiger partial charge on any atom is 0.0698 e. The summed E-state index contributed by atoms with van der Waals surface area (Å²) in [4.78, 5) is 2.64. The fourth-order valence-corrected chi connectivity index (χ4v) is 3.51. The van der Waals surface area contributed by atoms with Crippen molar-refractivity contribution in [3.63, 3.8) is 0 Å². The van der Waals surface area contributed by atoms with Crippen LogP contribution in [-0.4, -0.2) is 43.3 Å². The van der Waals surface area contributed by atoms with Gasteiger partial charge in [0, 0.05) is 25.7 Å². The van der Waals surface area contributed by atoms with Crippen molar-refractivity contribution in [1.29, 1.82) is 0 Å². The first kappa shape index (κ1) is 13.3. The molecule has 2 aliphatic rings. The molecule has 2 N–H and O–H groups in total. The molecule has 1 saturated carbocycles. The van der Waals surface area contributed by atoms with E-state index in [1.165, 1.54) is 45.1 Å². The van der Waals surface area contributed by atoms with Gasteiger partial charge in [0.05, 0.1) is 6.10 Å². The minimum atomic E-state index is 0.281. The molecule has 3 nitrogen and oxygen atoms in total. The van der Waals surface area contributed by atoms with Gasteiger partial charge >= 0.3 is 0 Å². The second-order valence-corrected chi connectivity index (χ2v) is 6.06. The first-order valence-corrected chi connectivity index (χ1v) is 7.18. The van der Waals surface area contributed by atoms with Crippen molar-refractivity contribution in [1.82, 2.24) is 4.90 Å². The monoisotopic (exact) mass is 240 g/mol. The number of rotatable bonds is 3. The Bertz CT molecular complexity index is 236. The molecule has 0 aromatic carbocycles. The number of ether oxygens (including phenoxy) is 1. The van der Waals surface area contributed by atoms with Crippen LogP contribution in [0.2, 0.25) is 0 Å². The first-order chi connectivity index (χ1) is 8.20. The number of hydrogen-bond donors (Lipinski definition) is 1. The fourth-order valence-electron chi connectivity index (χ4n) is 3.51. The van der Waals surface area contributed by atoms with Crippen molar-refractivity contribution < 1.29 is 4.74 Å². The summed E-state index contributed by atoms with van der Waals surface area (Å²) >= 11 is 0. The van der Waals surface area contributed by atoms with Crippen molar-refractivity contribution in [2.75, 3.05) is 26.7 Å². The zero-order chi connectivity index (χ0) is 12.3. The third-order valence-electron chi connectivity index (χ3n) is 4.97. The Balaban J connectivity index is 2.01.